The van der Waals surface area contributed by atoms with Crippen LogP contribution in [0.2, 0.25) is 0 Å². The molecule has 3 atom stereocenters. The van der Waals surface area contributed by atoms with Crippen LogP contribution in [-0.2, 0) is 0 Å². The molecule has 0 amide bonds. The minimum absolute atomic E-state index is 0.391. The number of hydrogen-bond donors (Lipinski definition) is 1. The molecule has 0 aliphatic carbocycles. The zero-order valence-electron chi connectivity index (χ0n) is 13.9. The Bertz CT molecular complexity index is 408. The predicted molar refractivity (Wildman–Crippen MR) is 88.8 cm³/mol. The van der Waals surface area contributed by atoms with Crippen molar-refractivity contribution in [3.05, 3.63) is 29.8 Å². The van der Waals surface area contributed by atoms with Crippen molar-refractivity contribution in [1.29, 1.82) is 0 Å². The third-order valence-electron chi connectivity index (χ3n) is 4.61. The molecule has 1 heterocycles. The van der Waals surface area contributed by atoms with Crippen molar-refractivity contribution in [3.8, 4) is 5.75 Å². The fourth-order valence-electron chi connectivity index (χ4n) is 3.04. The zero-order chi connectivity index (χ0) is 15.2. The summed E-state index contributed by atoms with van der Waals surface area (Å²) in [6.07, 6.45) is 1.05. The summed E-state index contributed by atoms with van der Waals surface area (Å²) in [4.78, 5) is 2.58. The minimum Gasteiger partial charge on any atom is -0.494 e. The quantitative estimate of drug-likeness (QED) is 0.833. The second-order valence-electron chi connectivity index (χ2n) is 6.43. The molecule has 1 saturated heterocycles. The molecule has 0 spiro atoms. The van der Waals surface area contributed by atoms with Crippen molar-refractivity contribution in [2.24, 2.45) is 11.8 Å². The van der Waals surface area contributed by atoms with Crippen molar-refractivity contribution >= 4 is 0 Å². The fraction of sp³-hybridized carbons (Fsp3) is 0.667. The van der Waals surface area contributed by atoms with E-state index in [-0.39, 0.29) is 0 Å². The van der Waals surface area contributed by atoms with Crippen molar-refractivity contribution < 1.29 is 4.74 Å². The summed E-state index contributed by atoms with van der Waals surface area (Å²) in [7, 11) is 2.05. The Hall–Kier alpha value is -1.06. The molecular weight excluding hydrogens is 260 g/mol. The van der Waals surface area contributed by atoms with Crippen LogP contribution < -0.4 is 10.1 Å². The van der Waals surface area contributed by atoms with Crippen LogP contribution in [0.4, 0.5) is 0 Å². The standard InChI is InChI=1S/C18H30N2O/c1-5-10-21-17-8-6-16(7-9-17)18(19-4)13-20-11-14(2)15(3)12-20/h6-9,14-15,18-19H,5,10-13H2,1-4H3. The van der Waals surface area contributed by atoms with E-state index in [1.165, 1.54) is 18.7 Å². The van der Waals surface area contributed by atoms with E-state index in [0.717, 1.165) is 37.2 Å². The van der Waals surface area contributed by atoms with E-state index in [1.807, 2.05) is 0 Å². The van der Waals surface area contributed by atoms with Gasteiger partial charge in [-0.3, -0.25) is 0 Å². The van der Waals surface area contributed by atoms with Crippen molar-refractivity contribution in [2.45, 2.75) is 33.2 Å². The highest BCUT2D eigenvalue weighted by Gasteiger charge is 2.27. The zero-order valence-corrected chi connectivity index (χ0v) is 13.9. The van der Waals surface area contributed by atoms with Crippen LogP contribution in [0.5, 0.6) is 5.75 Å². The third kappa shape index (κ3) is 4.45. The van der Waals surface area contributed by atoms with Crippen LogP contribution in [-0.4, -0.2) is 38.2 Å². The van der Waals surface area contributed by atoms with Gasteiger partial charge in [0.1, 0.15) is 5.75 Å². The Balaban J connectivity index is 1.94. The molecular formula is C18H30N2O. The smallest absolute Gasteiger partial charge is 0.119 e. The summed E-state index contributed by atoms with van der Waals surface area (Å²) in [5, 5.41) is 3.46. The van der Waals surface area contributed by atoms with E-state index in [0.29, 0.717) is 6.04 Å². The molecule has 3 unspecified atom stereocenters. The summed E-state index contributed by atoms with van der Waals surface area (Å²) in [6, 6.07) is 8.95. The highest BCUT2D eigenvalue weighted by molar-refractivity contribution is 5.29. The molecule has 0 aromatic heterocycles. The summed E-state index contributed by atoms with van der Waals surface area (Å²) >= 11 is 0. The van der Waals surface area contributed by atoms with Crippen LogP contribution in [0, 0.1) is 11.8 Å². The third-order valence-corrected chi connectivity index (χ3v) is 4.61. The monoisotopic (exact) mass is 290 g/mol. The molecule has 3 nitrogen and oxygen atoms in total. The molecule has 1 aliphatic heterocycles. The Labute approximate surface area is 129 Å². The Morgan fingerprint density at radius 3 is 2.33 bits per heavy atom. The highest BCUT2D eigenvalue weighted by atomic mass is 16.5. The van der Waals surface area contributed by atoms with Gasteiger partial charge in [-0.25, -0.2) is 0 Å². The first kappa shape index (κ1) is 16.3. The van der Waals surface area contributed by atoms with Crippen LogP contribution in [0.1, 0.15) is 38.8 Å². The van der Waals surface area contributed by atoms with Gasteiger partial charge < -0.3 is 15.0 Å². The summed E-state index contributed by atoms with van der Waals surface area (Å²) < 4.78 is 5.65. The van der Waals surface area contributed by atoms with E-state index in [2.05, 4.69) is 62.3 Å². The molecule has 0 bridgehead atoms. The van der Waals surface area contributed by atoms with Gasteiger partial charge in [-0.2, -0.15) is 0 Å². The highest BCUT2D eigenvalue weighted by Crippen LogP contribution is 2.25. The molecule has 1 aromatic rings. The van der Waals surface area contributed by atoms with Crippen LogP contribution in [0.25, 0.3) is 0 Å². The topological polar surface area (TPSA) is 24.5 Å². The SMILES string of the molecule is CCCOc1ccc(C(CN2CC(C)C(C)C2)NC)cc1. The largest absolute Gasteiger partial charge is 0.494 e. The number of likely N-dealkylation sites (tertiary alicyclic amines) is 1. The number of hydrogen-bond acceptors (Lipinski definition) is 3. The maximum atomic E-state index is 5.65. The Kier molecular flexibility index (Phi) is 6.07. The molecule has 2 rings (SSSR count). The van der Waals surface area contributed by atoms with E-state index in [9.17, 15) is 0 Å². The first-order chi connectivity index (χ1) is 10.1. The van der Waals surface area contributed by atoms with Crippen LogP contribution in [0.3, 0.4) is 0 Å². The van der Waals surface area contributed by atoms with Gasteiger partial charge in [-0.1, -0.05) is 32.9 Å². The van der Waals surface area contributed by atoms with Gasteiger partial charge >= 0.3 is 0 Å². The van der Waals surface area contributed by atoms with Crippen molar-refractivity contribution in [2.75, 3.05) is 33.3 Å². The molecule has 1 fully saturated rings. The average Bonchev–Trinajstić information content (AvgIpc) is 2.81. The van der Waals surface area contributed by atoms with Gasteiger partial charge in [0.15, 0.2) is 0 Å². The van der Waals surface area contributed by atoms with E-state index < -0.39 is 0 Å². The van der Waals surface area contributed by atoms with Crippen LogP contribution >= 0.6 is 0 Å². The average molecular weight is 290 g/mol. The van der Waals surface area contributed by atoms with Gasteiger partial charge in [0.25, 0.3) is 0 Å². The number of rotatable bonds is 7. The van der Waals surface area contributed by atoms with Gasteiger partial charge in [-0.05, 0) is 43.0 Å². The number of nitrogens with one attached hydrogen (secondary N) is 1. The van der Waals surface area contributed by atoms with Crippen molar-refractivity contribution in [3.63, 3.8) is 0 Å². The molecule has 1 aliphatic rings. The van der Waals surface area contributed by atoms with E-state index >= 15 is 0 Å². The number of ether oxygens (including phenoxy) is 1. The summed E-state index contributed by atoms with van der Waals surface area (Å²) in [5.74, 6) is 2.60. The second kappa shape index (κ2) is 7.81. The number of likely N-dealkylation sites (N-methyl/N-ethyl adjacent to an activating group) is 1. The summed E-state index contributed by atoms with van der Waals surface area (Å²) in [5.41, 5.74) is 1.34. The van der Waals surface area contributed by atoms with E-state index in [1.54, 1.807) is 0 Å². The first-order valence-corrected chi connectivity index (χ1v) is 8.26. The fourth-order valence-corrected chi connectivity index (χ4v) is 3.04. The molecule has 0 radical (unpaired) electrons. The summed E-state index contributed by atoms with van der Waals surface area (Å²) in [6.45, 7) is 11.2. The van der Waals surface area contributed by atoms with Gasteiger partial charge in [0.05, 0.1) is 6.61 Å². The van der Waals surface area contributed by atoms with E-state index in [4.69, 9.17) is 4.74 Å². The lowest BCUT2D eigenvalue weighted by Crippen LogP contribution is -2.32. The lowest BCUT2D eigenvalue weighted by Gasteiger charge is -2.24. The molecule has 21 heavy (non-hydrogen) atoms. The number of nitrogens with zero attached hydrogens (tertiary/aromatic N) is 1. The van der Waals surface area contributed by atoms with Crippen LogP contribution in [0.15, 0.2) is 24.3 Å². The van der Waals surface area contributed by atoms with Gasteiger partial charge in [-0.15, -0.1) is 0 Å². The second-order valence-corrected chi connectivity index (χ2v) is 6.43. The minimum atomic E-state index is 0.391. The van der Waals surface area contributed by atoms with Gasteiger partial charge in [0, 0.05) is 25.7 Å². The Morgan fingerprint density at radius 2 is 1.81 bits per heavy atom. The van der Waals surface area contributed by atoms with Crippen molar-refractivity contribution in [1.82, 2.24) is 10.2 Å². The molecule has 3 heteroatoms. The molecule has 1 N–H and O–H groups in total. The lowest BCUT2D eigenvalue weighted by atomic mass is 10.0. The first-order valence-electron chi connectivity index (χ1n) is 8.26. The van der Waals surface area contributed by atoms with Gasteiger partial charge in [0.2, 0.25) is 0 Å². The molecule has 1 aromatic carbocycles. The Morgan fingerprint density at radius 1 is 1.19 bits per heavy atom. The normalized spacial score (nSPS) is 24.2. The maximum Gasteiger partial charge on any atom is 0.119 e. The molecule has 118 valence electrons. The number of benzene rings is 1. The maximum absolute atomic E-state index is 5.65. The lowest BCUT2D eigenvalue weighted by molar-refractivity contribution is 0.287. The predicted octanol–water partition coefficient (Wildman–Crippen LogP) is 3.32. The molecule has 0 saturated carbocycles.